The van der Waals surface area contributed by atoms with E-state index < -0.39 is 0 Å². The summed E-state index contributed by atoms with van der Waals surface area (Å²) < 4.78 is 2.07. The number of aryl methyl sites for hydroxylation is 1. The third-order valence-corrected chi connectivity index (χ3v) is 2.20. The van der Waals surface area contributed by atoms with E-state index in [-0.39, 0.29) is 6.61 Å². The second-order valence-electron chi connectivity index (χ2n) is 3.16. The lowest BCUT2D eigenvalue weighted by atomic mass is 10.1. The molecule has 2 nitrogen and oxygen atoms in total. The van der Waals surface area contributed by atoms with Crippen LogP contribution in [0.2, 0.25) is 0 Å². The maximum atomic E-state index is 8.57. The molecule has 0 unspecified atom stereocenters. The van der Waals surface area contributed by atoms with Gasteiger partial charge in [0.05, 0.1) is 0 Å². The molecule has 2 aromatic rings. The number of hydrogen-bond donors (Lipinski definition) is 1. The van der Waals surface area contributed by atoms with Gasteiger partial charge in [0.1, 0.15) is 6.61 Å². The van der Waals surface area contributed by atoms with Crippen LogP contribution < -0.4 is 0 Å². The molecule has 1 aromatic carbocycles. The van der Waals surface area contributed by atoms with E-state index in [2.05, 4.69) is 22.5 Å². The summed E-state index contributed by atoms with van der Waals surface area (Å²) in [7, 11) is 2.02. The first-order valence-electron chi connectivity index (χ1n) is 4.46. The van der Waals surface area contributed by atoms with Gasteiger partial charge in [0.2, 0.25) is 0 Å². The summed E-state index contributed by atoms with van der Waals surface area (Å²) in [6.07, 6.45) is 2.02. The lowest BCUT2D eigenvalue weighted by Crippen LogP contribution is -1.83. The quantitative estimate of drug-likeness (QED) is 0.618. The van der Waals surface area contributed by atoms with Crippen molar-refractivity contribution in [3.05, 3.63) is 36.0 Å². The summed E-state index contributed by atoms with van der Waals surface area (Å²) in [5.74, 6) is 5.52. The number of benzene rings is 1. The van der Waals surface area contributed by atoms with Crippen molar-refractivity contribution < 1.29 is 5.11 Å². The Kier molecular flexibility index (Phi) is 2.26. The molecule has 2 rings (SSSR count). The molecule has 1 heterocycles. The number of aliphatic hydroxyl groups is 1. The van der Waals surface area contributed by atoms with Gasteiger partial charge in [0, 0.05) is 29.7 Å². The zero-order valence-corrected chi connectivity index (χ0v) is 7.99. The average molecular weight is 185 g/mol. The maximum absolute atomic E-state index is 8.57. The van der Waals surface area contributed by atoms with Gasteiger partial charge in [-0.05, 0) is 24.3 Å². The van der Waals surface area contributed by atoms with E-state index in [9.17, 15) is 0 Å². The molecule has 0 atom stereocenters. The Morgan fingerprint density at radius 2 is 2.21 bits per heavy atom. The van der Waals surface area contributed by atoms with Gasteiger partial charge >= 0.3 is 0 Å². The lowest BCUT2D eigenvalue weighted by Gasteiger charge is -1.95. The Morgan fingerprint density at radius 3 is 3.00 bits per heavy atom. The largest absolute Gasteiger partial charge is 0.384 e. The van der Waals surface area contributed by atoms with Crippen molar-refractivity contribution in [1.82, 2.24) is 4.57 Å². The second kappa shape index (κ2) is 3.57. The molecule has 0 aliphatic heterocycles. The van der Waals surface area contributed by atoms with Crippen LogP contribution in [0.25, 0.3) is 10.9 Å². The Hall–Kier alpha value is -1.72. The smallest absolute Gasteiger partial charge is 0.104 e. The lowest BCUT2D eigenvalue weighted by molar-refractivity contribution is 0.350. The Balaban J connectivity index is 2.52. The van der Waals surface area contributed by atoms with Gasteiger partial charge in [0.15, 0.2) is 0 Å². The zero-order valence-electron chi connectivity index (χ0n) is 7.99. The van der Waals surface area contributed by atoms with Crippen LogP contribution >= 0.6 is 0 Å². The van der Waals surface area contributed by atoms with Crippen LogP contribution in [0.15, 0.2) is 30.5 Å². The highest BCUT2D eigenvalue weighted by Gasteiger charge is 1.97. The first-order valence-corrected chi connectivity index (χ1v) is 4.46. The summed E-state index contributed by atoms with van der Waals surface area (Å²) in [4.78, 5) is 0. The summed E-state index contributed by atoms with van der Waals surface area (Å²) in [6, 6.07) is 8.08. The highest BCUT2D eigenvalue weighted by atomic mass is 16.2. The van der Waals surface area contributed by atoms with Crippen molar-refractivity contribution in [2.24, 2.45) is 7.05 Å². The van der Waals surface area contributed by atoms with E-state index in [4.69, 9.17) is 5.11 Å². The summed E-state index contributed by atoms with van der Waals surface area (Å²) >= 11 is 0. The predicted molar refractivity (Wildman–Crippen MR) is 56.9 cm³/mol. The van der Waals surface area contributed by atoms with Gasteiger partial charge in [-0.1, -0.05) is 11.8 Å². The first kappa shape index (κ1) is 8.86. The molecular formula is C12H11NO. The molecule has 0 saturated heterocycles. The van der Waals surface area contributed by atoms with Crippen molar-refractivity contribution in [2.75, 3.05) is 6.61 Å². The van der Waals surface area contributed by atoms with Gasteiger partial charge < -0.3 is 9.67 Å². The molecule has 2 heteroatoms. The third kappa shape index (κ3) is 1.50. The number of rotatable bonds is 0. The SMILES string of the molecule is Cn1ccc2cc(C#CCO)ccc21. The van der Waals surface area contributed by atoms with E-state index in [1.807, 2.05) is 31.4 Å². The molecule has 0 aliphatic carbocycles. The summed E-state index contributed by atoms with van der Waals surface area (Å²) in [5, 5.41) is 9.75. The van der Waals surface area contributed by atoms with E-state index >= 15 is 0 Å². The van der Waals surface area contributed by atoms with Gasteiger partial charge in [-0.3, -0.25) is 0 Å². The molecule has 0 aliphatic rings. The fraction of sp³-hybridized carbons (Fsp3) is 0.167. The highest BCUT2D eigenvalue weighted by molar-refractivity contribution is 5.81. The molecular weight excluding hydrogens is 174 g/mol. The minimum Gasteiger partial charge on any atom is -0.384 e. The van der Waals surface area contributed by atoms with Crippen LogP contribution in [-0.2, 0) is 7.05 Å². The number of nitrogens with zero attached hydrogens (tertiary/aromatic N) is 1. The minimum atomic E-state index is -0.0904. The number of hydrogen-bond acceptors (Lipinski definition) is 1. The Labute approximate surface area is 82.8 Å². The molecule has 0 saturated carbocycles. The van der Waals surface area contributed by atoms with E-state index in [1.165, 1.54) is 10.9 Å². The van der Waals surface area contributed by atoms with Gasteiger partial charge in [-0.15, -0.1) is 0 Å². The van der Waals surface area contributed by atoms with Gasteiger partial charge in [0.25, 0.3) is 0 Å². The van der Waals surface area contributed by atoms with Crippen LogP contribution in [-0.4, -0.2) is 16.3 Å². The van der Waals surface area contributed by atoms with Crippen LogP contribution in [0.4, 0.5) is 0 Å². The van der Waals surface area contributed by atoms with E-state index in [1.54, 1.807) is 0 Å². The van der Waals surface area contributed by atoms with Crippen molar-refractivity contribution in [3.8, 4) is 11.8 Å². The van der Waals surface area contributed by atoms with Crippen LogP contribution in [0.3, 0.4) is 0 Å². The molecule has 0 fully saturated rings. The van der Waals surface area contributed by atoms with Crippen molar-refractivity contribution >= 4 is 10.9 Å². The third-order valence-electron chi connectivity index (χ3n) is 2.20. The van der Waals surface area contributed by atoms with Crippen molar-refractivity contribution in [3.63, 3.8) is 0 Å². The molecule has 0 amide bonds. The fourth-order valence-corrected chi connectivity index (χ4v) is 1.50. The average Bonchev–Trinajstić information content (AvgIpc) is 2.57. The minimum absolute atomic E-state index is 0.0904. The monoisotopic (exact) mass is 185 g/mol. The molecule has 70 valence electrons. The number of fused-ring (bicyclic) bond motifs is 1. The van der Waals surface area contributed by atoms with Crippen molar-refractivity contribution in [1.29, 1.82) is 0 Å². The fourth-order valence-electron chi connectivity index (χ4n) is 1.50. The molecule has 1 aromatic heterocycles. The molecule has 0 spiro atoms. The van der Waals surface area contributed by atoms with E-state index in [0.717, 1.165) is 5.56 Å². The zero-order chi connectivity index (χ0) is 9.97. The predicted octanol–water partition coefficient (Wildman–Crippen LogP) is 1.52. The Bertz CT molecular complexity index is 514. The second-order valence-corrected chi connectivity index (χ2v) is 3.16. The molecule has 0 bridgehead atoms. The number of aliphatic hydroxyl groups excluding tert-OH is 1. The summed E-state index contributed by atoms with van der Waals surface area (Å²) in [5.41, 5.74) is 2.14. The maximum Gasteiger partial charge on any atom is 0.104 e. The van der Waals surface area contributed by atoms with Crippen LogP contribution in [0.1, 0.15) is 5.56 Å². The van der Waals surface area contributed by atoms with Gasteiger partial charge in [-0.2, -0.15) is 0 Å². The normalized spacial score (nSPS) is 9.86. The van der Waals surface area contributed by atoms with Crippen molar-refractivity contribution in [2.45, 2.75) is 0 Å². The van der Waals surface area contributed by atoms with Gasteiger partial charge in [-0.25, -0.2) is 0 Å². The highest BCUT2D eigenvalue weighted by Crippen LogP contribution is 2.15. The van der Waals surface area contributed by atoms with Crippen LogP contribution in [0.5, 0.6) is 0 Å². The molecule has 1 N–H and O–H groups in total. The number of aromatic nitrogens is 1. The summed E-state index contributed by atoms with van der Waals surface area (Å²) in [6.45, 7) is -0.0904. The van der Waals surface area contributed by atoms with Crippen LogP contribution in [0, 0.1) is 11.8 Å². The molecule has 0 radical (unpaired) electrons. The Morgan fingerprint density at radius 1 is 1.36 bits per heavy atom. The topological polar surface area (TPSA) is 25.2 Å². The standard InChI is InChI=1S/C12H11NO/c1-13-7-6-11-9-10(3-2-8-14)4-5-12(11)13/h4-7,9,14H,8H2,1H3. The van der Waals surface area contributed by atoms with E-state index in [0.29, 0.717) is 0 Å². The first-order chi connectivity index (χ1) is 6.81. The molecule has 14 heavy (non-hydrogen) atoms.